The largest absolute Gasteiger partial charge is 0.372 e. The highest BCUT2D eigenvalue weighted by atomic mass is 16.5. The molecule has 2 bridgehead atoms. The molecule has 0 radical (unpaired) electrons. The number of hydrogen-bond donors (Lipinski definition) is 1. The van der Waals surface area contributed by atoms with Crippen molar-refractivity contribution in [2.24, 2.45) is 11.7 Å². The Balaban J connectivity index is 1.54. The number of ether oxygens (including phenoxy) is 1. The summed E-state index contributed by atoms with van der Waals surface area (Å²) in [5, 5.41) is 0. The molecule has 2 aliphatic heterocycles. The van der Waals surface area contributed by atoms with Crippen molar-refractivity contribution in [3.8, 4) is 0 Å². The van der Waals surface area contributed by atoms with E-state index in [-0.39, 0.29) is 0 Å². The average molecular weight is 208 g/mol. The van der Waals surface area contributed by atoms with Gasteiger partial charge in [-0.2, -0.15) is 0 Å². The van der Waals surface area contributed by atoms with E-state index in [9.17, 15) is 0 Å². The van der Waals surface area contributed by atoms with E-state index in [1.54, 1.807) is 0 Å². The van der Waals surface area contributed by atoms with Crippen LogP contribution in [-0.2, 0) is 4.74 Å². The zero-order valence-electron chi connectivity index (χ0n) is 9.14. The van der Waals surface area contributed by atoms with Gasteiger partial charge in [-0.05, 0) is 25.2 Å². The molecule has 0 saturated carbocycles. The maximum absolute atomic E-state index is 5.87. The van der Waals surface area contributed by atoms with Gasteiger partial charge in [0.25, 0.3) is 0 Å². The zero-order valence-corrected chi connectivity index (χ0v) is 9.14. The van der Waals surface area contributed by atoms with Crippen molar-refractivity contribution < 1.29 is 4.74 Å². The van der Waals surface area contributed by atoms with Crippen LogP contribution in [0.3, 0.4) is 0 Å². The highest BCUT2D eigenvalue weighted by Gasteiger charge is 2.34. The predicted molar refractivity (Wildman–Crippen MR) is 59.6 cm³/mol. The lowest BCUT2D eigenvalue weighted by Crippen LogP contribution is -2.44. The van der Waals surface area contributed by atoms with Gasteiger partial charge in [-0.25, -0.2) is 0 Å². The standard InChI is InChI=1S/C12H20N2O/c13-10-2-1-9(5-10)6-14-7-11-3-4-12(8-14)15-11/h1-2,9-12H,3-8,13H2. The van der Waals surface area contributed by atoms with Crippen LogP contribution in [0.1, 0.15) is 19.3 Å². The summed E-state index contributed by atoms with van der Waals surface area (Å²) in [5.41, 5.74) is 5.87. The lowest BCUT2D eigenvalue weighted by Gasteiger charge is -2.33. The van der Waals surface area contributed by atoms with Gasteiger partial charge in [-0.1, -0.05) is 12.2 Å². The molecule has 0 spiro atoms. The van der Waals surface area contributed by atoms with Gasteiger partial charge < -0.3 is 10.5 Å². The van der Waals surface area contributed by atoms with E-state index >= 15 is 0 Å². The summed E-state index contributed by atoms with van der Waals surface area (Å²) in [5.74, 6) is 0.678. The number of nitrogens with zero attached hydrogens (tertiary/aromatic N) is 1. The van der Waals surface area contributed by atoms with Crippen molar-refractivity contribution in [1.82, 2.24) is 4.90 Å². The molecule has 15 heavy (non-hydrogen) atoms. The van der Waals surface area contributed by atoms with Gasteiger partial charge in [0.1, 0.15) is 0 Å². The van der Waals surface area contributed by atoms with Gasteiger partial charge in [-0.15, -0.1) is 0 Å². The number of hydrogen-bond acceptors (Lipinski definition) is 3. The maximum Gasteiger partial charge on any atom is 0.0707 e. The Labute approximate surface area is 91.3 Å². The first-order chi connectivity index (χ1) is 7.29. The summed E-state index contributed by atoms with van der Waals surface area (Å²) in [6.45, 7) is 3.45. The molecule has 2 fully saturated rings. The first kappa shape index (κ1) is 9.82. The Morgan fingerprint density at radius 1 is 1.20 bits per heavy atom. The molecule has 3 aliphatic rings. The van der Waals surface area contributed by atoms with E-state index in [1.165, 1.54) is 19.4 Å². The van der Waals surface area contributed by atoms with E-state index in [1.807, 2.05) is 0 Å². The Morgan fingerprint density at radius 3 is 2.53 bits per heavy atom. The van der Waals surface area contributed by atoms with Crippen molar-refractivity contribution in [2.45, 2.75) is 37.5 Å². The molecule has 4 atom stereocenters. The summed E-state index contributed by atoms with van der Waals surface area (Å²) >= 11 is 0. The van der Waals surface area contributed by atoms with Crippen LogP contribution in [0.25, 0.3) is 0 Å². The molecule has 0 aromatic heterocycles. The summed E-state index contributed by atoms with van der Waals surface area (Å²) < 4.78 is 5.83. The molecule has 2 saturated heterocycles. The molecular weight excluding hydrogens is 188 g/mol. The van der Waals surface area contributed by atoms with Crippen molar-refractivity contribution in [3.05, 3.63) is 12.2 Å². The fraction of sp³-hybridized carbons (Fsp3) is 0.833. The quantitative estimate of drug-likeness (QED) is 0.681. The molecule has 2 heterocycles. The lowest BCUT2D eigenvalue weighted by molar-refractivity contribution is -0.0409. The maximum atomic E-state index is 5.87. The Bertz CT molecular complexity index is 254. The Kier molecular flexibility index (Phi) is 2.54. The number of morpholine rings is 1. The number of nitrogens with two attached hydrogens (primary N) is 1. The molecule has 3 nitrogen and oxygen atoms in total. The smallest absolute Gasteiger partial charge is 0.0707 e. The molecule has 3 rings (SSSR count). The summed E-state index contributed by atoms with van der Waals surface area (Å²) in [6.07, 6.45) is 9.14. The van der Waals surface area contributed by atoms with Crippen LogP contribution in [0.5, 0.6) is 0 Å². The van der Waals surface area contributed by atoms with E-state index in [0.29, 0.717) is 24.2 Å². The SMILES string of the molecule is NC1C=CC(CN2CC3CCC(C2)O3)C1. The van der Waals surface area contributed by atoms with Crippen LogP contribution in [0, 0.1) is 5.92 Å². The van der Waals surface area contributed by atoms with Crippen LogP contribution in [0.2, 0.25) is 0 Å². The highest BCUT2D eigenvalue weighted by Crippen LogP contribution is 2.28. The molecule has 0 amide bonds. The third-order valence-corrected chi connectivity index (χ3v) is 3.82. The minimum absolute atomic E-state index is 0.299. The van der Waals surface area contributed by atoms with E-state index < -0.39 is 0 Å². The van der Waals surface area contributed by atoms with Crippen LogP contribution in [-0.4, -0.2) is 42.8 Å². The van der Waals surface area contributed by atoms with Gasteiger partial charge in [0.2, 0.25) is 0 Å². The predicted octanol–water partition coefficient (Wildman–Crippen LogP) is 0.753. The van der Waals surface area contributed by atoms with E-state index in [4.69, 9.17) is 10.5 Å². The minimum atomic E-state index is 0.299. The van der Waals surface area contributed by atoms with Crippen LogP contribution < -0.4 is 5.73 Å². The molecule has 84 valence electrons. The normalized spacial score (nSPS) is 45.1. The second kappa shape index (κ2) is 3.89. The second-order valence-corrected chi connectivity index (χ2v) is 5.22. The molecular formula is C12H20N2O. The summed E-state index contributed by atoms with van der Waals surface area (Å²) in [7, 11) is 0. The monoisotopic (exact) mass is 208 g/mol. The van der Waals surface area contributed by atoms with Crippen molar-refractivity contribution in [3.63, 3.8) is 0 Å². The first-order valence-electron chi connectivity index (χ1n) is 6.11. The summed E-state index contributed by atoms with van der Waals surface area (Å²) in [4.78, 5) is 2.57. The van der Waals surface area contributed by atoms with Gasteiger partial charge in [-0.3, -0.25) is 4.90 Å². The zero-order chi connectivity index (χ0) is 10.3. The van der Waals surface area contributed by atoms with Crippen molar-refractivity contribution in [2.75, 3.05) is 19.6 Å². The number of rotatable bonds is 2. The molecule has 1 aliphatic carbocycles. The van der Waals surface area contributed by atoms with Gasteiger partial charge in [0, 0.05) is 25.7 Å². The topological polar surface area (TPSA) is 38.5 Å². The number of fused-ring (bicyclic) bond motifs is 2. The van der Waals surface area contributed by atoms with Gasteiger partial charge >= 0.3 is 0 Å². The van der Waals surface area contributed by atoms with E-state index in [2.05, 4.69) is 17.1 Å². The molecule has 2 N–H and O–H groups in total. The molecule has 0 aromatic rings. The van der Waals surface area contributed by atoms with E-state index in [0.717, 1.165) is 19.5 Å². The molecule has 0 aromatic carbocycles. The van der Waals surface area contributed by atoms with Gasteiger partial charge in [0.15, 0.2) is 0 Å². The Morgan fingerprint density at radius 2 is 1.93 bits per heavy atom. The fourth-order valence-electron chi connectivity index (χ4n) is 3.12. The number of likely N-dealkylation sites (tertiary alicyclic amines) is 1. The third-order valence-electron chi connectivity index (χ3n) is 3.82. The van der Waals surface area contributed by atoms with Crippen molar-refractivity contribution in [1.29, 1.82) is 0 Å². The lowest BCUT2D eigenvalue weighted by atomic mass is 10.1. The van der Waals surface area contributed by atoms with Crippen molar-refractivity contribution >= 4 is 0 Å². The van der Waals surface area contributed by atoms with Crippen LogP contribution in [0.15, 0.2) is 12.2 Å². The summed E-state index contributed by atoms with van der Waals surface area (Å²) in [6, 6.07) is 0.299. The second-order valence-electron chi connectivity index (χ2n) is 5.22. The molecule has 4 unspecified atom stereocenters. The van der Waals surface area contributed by atoms with Crippen LogP contribution >= 0.6 is 0 Å². The van der Waals surface area contributed by atoms with Crippen LogP contribution in [0.4, 0.5) is 0 Å². The van der Waals surface area contributed by atoms with Gasteiger partial charge in [0.05, 0.1) is 12.2 Å². The fourth-order valence-corrected chi connectivity index (χ4v) is 3.12. The molecule has 3 heteroatoms. The average Bonchev–Trinajstić information content (AvgIpc) is 2.74. The Hall–Kier alpha value is -0.380. The minimum Gasteiger partial charge on any atom is -0.372 e. The third kappa shape index (κ3) is 2.10. The first-order valence-corrected chi connectivity index (χ1v) is 6.11. The highest BCUT2D eigenvalue weighted by molar-refractivity contribution is 5.05.